The van der Waals surface area contributed by atoms with Gasteiger partial charge in [-0.15, -0.1) is 11.3 Å². The third kappa shape index (κ3) is 2.97. The summed E-state index contributed by atoms with van der Waals surface area (Å²) in [5.74, 6) is 0.949. The molecule has 4 heterocycles. The van der Waals surface area contributed by atoms with Crippen LogP contribution in [0.3, 0.4) is 0 Å². The van der Waals surface area contributed by atoms with Crippen molar-refractivity contribution < 1.29 is 18.0 Å². The van der Waals surface area contributed by atoms with Crippen LogP contribution in [0.4, 0.5) is 13.2 Å². The number of fused-ring (bicyclic) bond motifs is 4. The van der Waals surface area contributed by atoms with Crippen molar-refractivity contribution in [1.82, 2.24) is 4.90 Å². The van der Waals surface area contributed by atoms with Crippen molar-refractivity contribution in [2.24, 2.45) is 11.8 Å². The lowest BCUT2D eigenvalue weighted by Crippen LogP contribution is -2.61. The SMILES string of the molecule is CC1(C)[C@H](CC(=O)c2cc3ccc(C(F)(F)F)cc3s2)C2CCN1CC2. The number of rotatable bonds is 3. The predicted molar refractivity (Wildman–Crippen MR) is 97.6 cm³/mol. The molecule has 3 fully saturated rings. The van der Waals surface area contributed by atoms with Crippen LogP contribution >= 0.6 is 11.3 Å². The summed E-state index contributed by atoms with van der Waals surface area (Å²) in [6.45, 7) is 6.64. The monoisotopic (exact) mass is 381 g/mol. The van der Waals surface area contributed by atoms with Crippen molar-refractivity contribution in [2.45, 2.75) is 44.8 Å². The molecule has 0 saturated carbocycles. The fraction of sp³-hybridized carbons (Fsp3) is 0.550. The van der Waals surface area contributed by atoms with E-state index in [0.29, 0.717) is 33.2 Å². The molecule has 0 N–H and O–H groups in total. The van der Waals surface area contributed by atoms with Crippen LogP contribution < -0.4 is 0 Å². The molecule has 2 nitrogen and oxygen atoms in total. The molecule has 3 saturated heterocycles. The van der Waals surface area contributed by atoms with Gasteiger partial charge in [-0.05, 0) is 75.2 Å². The number of carbonyl (C=O) groups is 1. The Hall–Kier alpha value is -1.40. The van der Waals surface area contributed by atoms with E-state index >= 15 is 0 Å². The van der Waals surface area contributed by atoms with Gasteiger partial charge in [0.25, 0.3) is 0 Å². The lowest BCUT2D eigenvalue weighted by molar-refractivity contribution is -0.137. The van der Waals surface area contributed by atoms with E-state index in [0.717, 1.165) is 38.1 Å². The van der Waals surface area contributed by atoms with Crippen LogP contribution in [0.1, 0.15) is 48.3 Å². The predicted octanol–water partition coefficient (Wildman–Crippen LogP) is 5.61. The van der Waals surface area contributed by atoms with Gasteiger partial charge in [0, 0.05) is 16.7 Å². The zero-order valence-corrected chi connectivity index (χ0v) is 15.7. The summed E-state index contributed by atoms with van der Waals surface area (Å²) in [6, 6.07) is 5.44. The number of thiophene rings is 1. The van der Waals surface area contributed by atoms with Gasteiger partial charge in [0.2, 0.25) is 0 Å². The van der Waals surface area contributed by atoms with E-state index in [2.05, 4.69) is 18.7 Å². The molecule has 1 atom stereocenters. The summed E-state index contributed by atoms with van der Waals surface area (Å²) >= 11 is 1.18. The third-order valence-corrected chi connectivity index (χ3v) is 7.50. The smallest absolute Gasteiger partial charge is 0.298 e. The molecule has 3 aliphatic rings. The van der Waals surface area contributed by atoms with Crippen LogP contribution in [-0.4, -0.2) is 29.3 Å². The summed E-state index contributed by atoms with van der Waals surface area (Å²) in [5.41, 5.74) is -0.652. The third-order valence-electron chi connectivity index (χ3n) is 6.36. The average Bonchev–Trinajstić information content (AvgIpc) is 3.01. The van der Waals surface area contributed by atoms with Gasteiger partial charge >= 0.3 is 6.18 Å². The molecule has 140 valence electrons. The second-order valence-electron chi connectivity index (χ2n) is 8.07. The number of nitrogens with zero attached hydrogens (tertiary/aromatic N) is 1. The molecule has 1 aromatic heterocycles. The molecule has 0 aliphatic carbocycles. The van der Waals surface area contributed by atoms with Gasteiger partial charge in [0.15, 0.2) is 5.78 Å². The highest BCUT2D eigenvalue weighted by Gasteiger charge is 2.48. The molecule has 0 spiro atoms. The Morgan fingerprint density at radius 1 is 1.23 bits per heavy atom. The number of alkyl halides is 3. The molecule has 2 aromatic rings. The molecule has 2 bridgehead atoms. The molecule has 5 rings (SSSR count). The Morgan fingerprint density at radius 3 is 2.54 bits per heavy atom. The Labute approximate surface area is 155 Å². The van der Waals surface area contributed by atoms with E-state index in [1.165, 1.54) is 17.4 Å². The maximum Gasteiger partial charge on any atom is 0.416 e. The molecule has 26 heavy (non-hydrogen) atoms. The number of hydrogen-bond donors (Lipinski definition) is 0. The zero-order chi connectivity index (χ0) is 18.7. The highest BCUT2D eigenvalue weighted by Crippen LogP contribution is 2.46. The van der Waals surface area contributed by atoms with Crippen LogP contribution in [0.15, 0.2) is 24.3 Å². The summed E-state index contributed by atoms with van der Waals surface area (Å²) in [7, 11) is 0. The Bertz CT molecular complexity index is 846. The minimum absolute atomic E-state index is 0.0109. The van der Waals surface area contributed by atoms with E-state index in [9.17, 15) is 18.0 Å². The van der Waals surface area contributed by atoms with Crippen molar-refractivity contribution >= 4 is 27.2 Å². The van der Waals surface area contributed by atoms with Gasteiger partial charge in [-0.1, -0.05) is 6.07 Å². The minimum Gasteiger partial charge on any atom is -0.298 e. The fourth-order valence-electron chi connectivity index (χ4n) is 4.75. The van der Waals surface area contributed by atoms with Gasteiger partial charge in [-0.3, -0.25) is 9.69 Å². The first-order valence-electron chi connectivity index (χ1n) is 9.05. The van der Waals surface area contributed by atoms with E-state index < -0.39 is 11.7 Å². The number of halogens is 3. The number of hydrogen-bond acceptors (Lipinski definition) is 3. The van der Waals surface area contributed by atoms with Gasteiger partial charge < -0.3 is 0 Å². The van der Waals surface area contributed by atoms with Crippen molar-refractivity contribution in [3.8, 4) is 0 Å². The normalized spacial score (nSPS) is 27.8. The van der Waals surface area contributed by atoms with Crippen molar-refractivity contribution in [1.29, 1.82) is 0 Å². The number of ketones is 1. The van der Waals surface area contributed by atoms with Crippen LogP contribution in [0.5, 0.6) is 0 Å². The highest BCUT2D eigenvalue weighted by molar-refractivity contribution is 7.20. The first-order valence-corrected chi connectivity index (χ1v) is 9.87. The van der Waals surface area contributed by atoms with Gasteiger partial charge in [0.1, 0.15) is 0 Å². The molecule has 0 radical (unpaired) electrons. The minimum atomic E-state index is -4.36. The summed E-state index contributed by atoms with van der Waals surface area (Å²) in [4.78, 5) is 16.0. The molecule has 0 amide bonds. The van der Waals surface area contributed by atoms with Gasteiger partial charge in [0.05, 0.1) is 10.4 Å². The van der Waals surface area contributed by atoms with Crippen molar-refractivity contribution in [3.05, 3.63) is 34.7 Å². The first-order chi connectivity index (χ1) is 12.2. The van der Waals surface area contributed by atoms with Crippen LogP contribution in [0.25, 0.3) is 10.1 Å². The van der Waals surface area contributed by atoms with Crippen LogP contribution in [-0.2, 0) is 6.18 Å². The van der Waals surface area contributed by atoms with Gasteiger partial charge in [-0.25, -0.2) is 0 Å². The average molecular weight is 381 g/mol. The first kappa shape index (κ1) is 18.0. The topological polar surface area (TPSA) is 20.3 Å². The number of Topliss-reactive ketones (excluding diaryl/α,β-unsaturated/α-hetero) is 1. The molecular weight excluding hydrogens is 359 g/mol. The molecule has 1 aromatic carbocycles. The molecule has 0 unspecified atom stereocenters. The lowest BCUT2D eigenvalue weighted by atomic mass is 9.65. The highest BCUT2D eigenvalue weighted by atomic mass is 32.1. The van der Waals surface area contributed by atoms with E-state index in [1.807, 2.05) is 0 Å². The Kier molecular flexibility index (Phi) is 4.19. The number of piperidine rings is 3. The van der Waals surface area contributed by atoms with Crippen LogP contribution in [0, 0.1) is 11.8 Å². The largest absolute Gasteiger partial charge is 0.416 e. The summed E-state index contributed by atoms with van der Waals surface area (Å²) in [6.07, 6.45) is -1.60. The second-order valence-corrected chi connectivity index (χ2v) is 9.16. The van der Waals surface area contributed by atoms with Crippen LogP contribution in [0.2, 0.25) is 0 Å². The molecule has 3 aliphatic heterocycles. The zero-order valence-electron chi connectivity index (χ0n) is 14.9. The van der Waals surface area contributed by atoms with E-state index in [4.69, 9.17) is 0 Å². The quantitative estimate of drug-likeness (QED) is 0.644. The summed E-state index contributed by atoms with van der Waals surface area (Å²) in [5, 5.41) is 0.708. The lowest BCUT2D eigenvalue weighted by Gasteiger charge is -2.56. The molecular formula is C20H22F3NOS. The number of carbonyl (C=O) groups excluding carboxylic acids is 1. The standard InChI is InChI=1S/C20H22F3NOS/c1-19(2)15(12-5-7-24(19)8-6-12)11-16(25)18-9-13-3-4-14(20(21,22)23)10-17(13)26-18/h3-4,9-10,12,15H,5-8,11H2,1-2H3/t15-/m1/s1. The maximum atomic E-state index is 12.9. The van der Waals surface area contributed by atoms with E-state index in [1.54, 1.807) is 6.07 Å². The van der Waals surface area contributed by atoms with E-state index in [-0.39, 0.29) is 11.3 Å². The summed E-state index contributed by atoms with van der Waals surface area (Å²) < 4.78 is 39.2. The van der Waals surface area contributed by atoms with Crippen molar-refractivity contribution in [2.75, 3.05) is 13.1 Å². The molecule has 6 heteroatoms. The fourth-order valence-corrected chi connectivity index (χ4v) is 5.80. The number of benzene rings is 1. The maximum absolute atomic E-state index is 12.9. The second kappa shape index (κ2) is 6.06. The van der Waals surface area contributed by atoms with Crippen molar-refractivity contribution in [3.63, 3.8) is 0 Å². The Morgan fingerprint density at radius 2 is 1.92 bits per heavy atom. The Balaban J connectivity index is 1.58. The van der Waals surface area contributed by atoms with Gasteiger partial charge in [-0.2, -0.15) is 13.2 Å².